The SMILES string of the molecule is CCC(C)c1c(O)c(C#N)cc(Cl)c1F. The van der Waals surface area contributed by atoms with Crippen molar-refractivity contribution in [1.29, 1.82) is 5.26 Å². The fraction of sp³-hybridized carbons (Fsp3) is 0.364. The number of hydrogen-bond donors (Lipinski definition) is 1. The zero-order chi connectivity index (χ0) is 11.6. The minimum absolute atomic E-state index is 0.0108. The van der Waals surface area contributed by atoms with E-state index in [1.807, 2.05) is 6.92 Å². The summed E-state index contributed by atoms with van der Waals surface area (Å²) in [5.41, 5.74) is 0.137. The number of hydrogen-bond acceptors (Lipinski definition) is 2. The van der Waals surface area contributed by atoms with Crippen LogP contribution < -0.4 is 0 Å². The van der Waals surface area contributed by atoms with Crippen LogP contribution in [0.2, 0.25) is 5.02 Å². The molecule has 0 saturated carbocycles. The van der Waals surface area contributed by atoms with Gasteiger partial charge in [-0.2, -0.15) is 5.26 Å². The molecule has 0 spiro atoms. The van der Waals surface area contributed by atoms with Crippen LogP contribution in [0.4, 0.5) is 4.39 Å². The molecular formula is C11H11ClFNO. The molecule has 0 aliphatic rings. The van der Waals surface area contributed by atoms with E-state index in [9.17, 15) is 9.50 Å². The molecule has 0 amide bonds. The third kappa shape index (κ3) is 2.05. The molecule has 0 saturated heterocycles. The Bertz CT molecular complexity index is 426. The number of benzene rings is 1. The topological polar surface area (TPSA) is 44.0 Å². The zero-order valence-electron chi connectivity index (χ0n) is 8.51. The second kappa shape index (κ2) is 4.50. The summed E-state index contributed by atoms with van der Waals surface area (Å²) in [6, 6.07) is 2.92. The van der Waals surface area contributed by atoms with Gasteiger partial charge in [0.05, 0.1) is 10.6 Å². The molecule has 0 bridgehead atoms. The minimum Gasteiger partial charge on any atom is -0.506 e. The zero-order valence-corrected chi connectivity index (χ0v) is 9.27. The van der Waals surface area contributed by atoms with Crippen molar-refractivity contribution in [3.05, 3.63) is 28.0 Å². The first-order chi connectivity index (χ1) is 7.02. The average Bonchev–Trinajstić information content (AvgIpc) is 2.23. The third-order valence-electron chi connectivity index (χ3n) is 2.45. The number of phenolic OH excluding ortho intramolecular Hbond substituents is 1. The lowest BCUT2D eigenvalue weighted by atomic mass is 9.95. The van der Waals surface area contributed by atoms with Gasteiger partial charge in [0.2, 0.25) is 0 Å². The fourth-order valence-corrected chi connectivity index (χ4v) is 1.59. The van der Waals surface area contributed by atoms with Crippen LogP contribution in [-0.4, -0.2) is 5.11 Å². The summed E-state index contributed by atoms with van der Waals surface area (Å²) in [6.07, 6.45) is 0.662. The molecule has 0 fully saturated rings. The van der Waals surface area contributed by atoms with Crippen LogP contribution in [0.25, 0.3) is 0 Å². The van der Waals surface area contributed by atoms with E-state index >= 15 is 0 Å². The van der Waals surface area contributed by atoms with E-state index in [0.29, 0.717) is 6.42 Å². The van der Waals surface area contributed by atoms with Gasteiger partial charge in [-0.25, -0.2) is 4.39 Å². The standard InChI is InChI=1S/C11H11ClFNO/c1-3-6(2)9-10(13)8(12)4-7(5-14)11(9)15/h4,6,15H,3H2,1-2H3. The van der Waals surface area contributed by atoms with E-state index in [0.717, 1.165) is 6.07 Å². The smallest absolute Gasteiger partial charge is 0.149 e. The lowest BCUT2D eigenvalue weighted by molar-refractivity contribution is 0.448. The molecule has 0 aliphatic carbocycles. The Labute approximate surface area is 92.9 Å². The van der Waals surface area contributed by atoms with Gasteiger partial charge in [-0.3, -0.25) is 0 Å². The molecule has 0 aromatic heterocycles. The average molecular weight is 228 g/mol. The van der Waals surface area contributed by atoms with Crippen molar-refractivity contribution >= 4 is 11.6 Å². The Hall–Kier alpha value is -1.27. The summed E-state index contributed by atoms with van der Waals surface area (Å²) >= 11 is 5.63. The third-order valence-corrected chi connectivity index (χ3v) is 2.73. The predicted octanol–water partition coefficient (Wildman–Crippen LogP) is 3.57. The lowest BCUT2D eigenvalue weighted by Gasteiger charge is -2.14. The van der Waals surface area contributed by atoms with E-state index in [4.69, 9.17) is 16.9 Å². The van der Waals surface area contributed by atoms with E-state index in [1.54, 1.807) is 13.0 Å². The summed E-state index contributed by atoms with van der Waals surface area (Å²) in [6.45, 7) is 3.64. The van der Waals surface area contributed by atoms with Crippen LogP contribution in [-0.2, 0) is 0 Å². The van der Waals surface area contributed by atoms with Crippen LogP contribution in [0.3, 0.4) is 0 Å². The van der Waals surface area contributed by atoms with E-state index in [1.165, 1.54) is 0 Å². The molecular weight excluding hydrogens is 217 g/mol. The van der Waals surface area contributed by atoms with Gasteiger partial charge in [-0.15, -0.1) is 0 Å². The highest BCUT2D eigenvalue weighted by Crippen LogP contribution is 2.36. The Morgan fingerprint density at radius 1 is 1.67 bits per heavy atom. The summed E-state index contributed by atoms with van der Waals surface area (Å²) in [5, 5.41) is 18.3. The molecule has 1 atom stereocenters. The molecule has 0 heterocycles. The highest BCUT2D eigenvalue weighted by Gasteiger charge is 2.20. The van der Waals surface area contributed by atoms with Crippen molar-refractivity contribution in [3.63, 3.8) is 0 Å². The van der Waals surface area contributed by atoms with Gasteiger partial charge in [0.1, 0.15) is 17.6 Å². The maximum absolute atomic E-state index is 13.6. The number of halogens is 2. The van der Waals surface area contributed by atoms with Crippen LogP contribution in [0.1, 0.15) is 37.3 Å². The minimum atomic E-state index is -0.637. The highest BCUT2D eigenvalue weighted by molar-refractivity contribution is 6.31. The summed E-state index contributed by atoms with van der Waals surface area (Å²) < 4.78 is 13.6. The monoisotopic (exact) mass is 227 g/mol. The van der Waals surface area contributed by atoms with Crippen molar-refractivity contribution in [3.8, 4) is 11.8 Å². The van der Waals surface area contributed by atoms with E-state index < -0.39 is 5.82 Å². The van der Waals surface area contributed by atoms with E-state index in [2.05, 4.69) is 0 Å². The van der Waals surface area contributed by atoms with Gasteiger partial charge >= 0.3 is 0 Å². The summed E-state index contributed by atoms with van der Waals surface area (Å²) in [5.74, 6) is -1.10. The Balaban J connectivity index is 3.49. The summed E-state index contributed by atoms with van der Waals surface area (Å²) in [7, 11) is 0. The second-order valence-corrected chi connectivity index (χ2v) is 3.81. The Morgan fingerprint density at radius 3 is 2.73 bits per heavy atom. The molecule has 1 rings (SSSR count). The van der Waals surface area contributed by atoms with Crippen LogP contribution >= 0.6 is 11.6 Å². The first kappa shape index (κ1) is 11.8. The van der Waals surface area contributed by atoms with Gasteiger partial charge in [0.25, 0.3) is 0 Å². The number of rotatable bonds is 2. The second-order valence-electron chi connectivity index (χ2n) is 3.40. The highest BCUT2D eigenvalue weighted by atomic mass is 35.5. The summed E-state index contributed by atoms with van der Waals surface area (Å²) in [4.78, 5) is 0. The molecule has 1 unspecified atom stereocenters. The normalized spacial score (nSPS) is 12.2. The first-order valence-electron chi connectivity index (χ1n) is 4.63. The van der Waals surface area contributed by atoms with Gasteiger partial charge in [-0.05, 0) is 18.4 Å². The molecule has 1 aromatic carbocycles. The van der Waals surface area contributed by atoms with Crippen molar-refractivity contribution < 1.29 is 9.50 Å². The van der Waals surface area contributed by atoms with Crippen molar-refractivity contribution in [1.82, 2.24) is 0 Å². The number of nitrogens with zero attached hydrogens (tertiary/aromatic N) is 1. The van der Waals surface area contributed by atoms with Crippen LogP contribution in [0, 0.1) is 17.1 Å². The largest absolute Gasteiger partial charge is 0.506 e. The molecule has 1 aromatic rings. The van der Waals surface area contributed by atoms with Gasteiger partial charge in [0.15, 0.2) is 0 Å². The molecule has 15 heavy (non-hydrogen) atoms. The molecule has 1 N–H and O–H groups in total. The van der Waals surface area contributed by atoms with Crippen molar-refractivity contribution in [2.45, 2.75) is 26.2 Å². The molecule has 2 nitrogen and oxygen atoms in total. The van der Waals surface area contributed by atoms with Crippen LogP contribution in [0.5, 0.6) is 5.75 Å². The maximum atomic E-state index is 13.6. The Kier molecular flexibility index (Phi) is 3.54. The predicted molar refractivity (Wildman–Crippen MR) is 56.5 cm³/mol. The maximum Gasteiger partial charge on any atom is 0.149 e. The Morgan fingerprint density at radius 2 is 2.27 bits per heavy atom. The van der Waals surface area contributed by atoms with Gasteiger partial charge < -0.3 is 5.11 Å². The molecule has 80 valence electrons. The fourth-order valence-electron chi connectivity index (χ4n) is 1.38. The van der Waals surface area contributed by atoms with Crippen molar-refractivity contribution in [2.75, 3.05) is 0 Å². The van der Waals surface area contributed by atoms with E-state index in [-0.39, 0.29) is 27.8 Å². The molecule has 0 radical (unpaired) electrons. The first-order valence-corrected chi connectivity index (χ1v) is 5.01. The van der Waals surface area contributed by atoms with Crippen molar-refractivity contribution in [2.24, 2.45) is 0 Å². The lowest BCUT2D eigenvalue weighted by Crippen LogP contribution is -1.99. The number of phenols is 1. The molecule has 0 aliphatic heterocycles. The van der Waals surface area contributed by atoms with Gasteiger partial charge in [0, 0.05) is 5.56 Å². The molecule has 4 heteroatoms. The quantitative estimate of drug-likeness (QED) is 0.840. The van der Waals surface area contributed by atoms with Crippen LogP contribution in [0.15, 0.2) is 6.07 Å². The number of nitriles is 1. The number of aromatic hydroxyl groups is 1. The van der Waals surface area contributed by atoms with Gasteiger partial charge in [-0.1, -0.05) is 25.4 Å².